The Hall–Kier alpha value is -2.56. The Morgan fingerprint density at radius 2 is 1.43 bits per heavy atom. The van der Waals surface area contributed by atoms with Crippen LogP contribution in [0.2, 0.25) is 0 Å². The fourth-order valence-corrected chi connectivity index (χ4v) is 3.89. The van der Waals surface area contributed by atoms with Crippen LogP contribution in [0.25, 0.3) is 0 Å². The van der Waals surface area contributed by atoms with E-state index in [2.05, 4.69) is 41.0 Å². The Morgan fingerprint density at radius 3 is 2.11 bits per heavy atom. The van der Waals surface area contributed by atoms with E-state index in [1.165, 1.54) is 29.3 Å². The molecule has 1 aliphatic heterocycles. The Bertz CT molecular complexity index is 922. The van der Waals surface area contributed by atoms with Crippen LogP contribution in [-0.4, -0.2) is 22.9 Å². The van der Waals surface area contributed by atoms with Gasteiger partial charge < -0.3 is 0 Å². The molecule has 1 heterocycles. The standard InChI is InChI=1S/C24H24F2N2/c1-18-6-8-19(9-7-18)16-27-14-15-28(17-21-4-2-3-5-23(21)26)24(27)20-10-12-22(25)13-11-20/h2-13,24H,14-17H2,1H3/t24-/m0/s1. The van der Waals surface area contributed by atoms with Crippen molar-refractivity contribution in [1.29, 1.82) is 0 Å². The first-order valence-corrected chi connectivity index (χ1v) is 9.63. The molecule has 0 aliphatic carbocycles. The van der Waals surface area contributed by atoms with E-state index in [9.17, 15) is 8.78 Å². The fourth-order valence-electron chi connectivity index (χ4n) is 3.89. The number of benzene rings is 3. The van der Waals surface area contributed by atoms with Gasteiger partial charge in [-0.25, -0.2) is 8.78 Å². The molecule has 0 saturated carbocycles. The SMILES string of the molecule is Cc1ccc(CN2CCN(Cc3ccccc3F)[C@H]2c2ccc(F)cc2)cc1. The molecular weight excluding hydrogens is 354 g/mol. The van der Waals surface area contributed by atoms with Crippen LogP contribution in [0.15, 0.2) is 72.8 Å². The highest BCUT2D eigenvalue weighted by Crippen LogP contribution is 2.33. The molecule has 1 fully saturated rings. The number of aryl methyl sites for hydroxylation is 1. The first kappa shape index (κ1) is 18.8. The molecule has 1 aliphatic rings. The van der Waals surface area contributed by atoms with Gasteiger partial charge in [0.05, 0.1) is 6.17 Å². The molecule has 0 aromatic heterocycles. The van der Waals surface area contributed by atoms with E-state index in [0.29, 0.717) is 12.1 Å². The lowest BCUT2D eigenvalue weighted by Gasteiger charge is -2.31. The largest absolute Gasteiger partial charge is 0.279 e. The molecule has 3 aromatic rings. The van der Waals surface area contributed by atoms with Crippen LogP contribution < -0.4 is 0 Å². The van der Waals surface area contributed by atoms with Gasteiger partial charge >= 0.3 is 0 Å². The maximum atomic E-state index is 14.2. The normalized spacial score (nSPS) is 17.9. The molecule has 2 nitrogen and oxygen atoms in total. The summed E-state index contributed by atoms with van der Waals surface area (Å²) in [5.41, 5.74) is 4.20. The third-order valence-electron chi connectivity index (χ3n) is 5.37. The van der Waals surface area contributed by atoms with E-state index in [0.717, 1.165) is 25.2 Å². The Morgan fingerprint density at radius 1 is 0.786 bits per heavy atom. The molecular formula is C24H24F2N2. The summed E-state index contributed by atoms with van der Waals surface area (Å²) in [5.74, 6) is -0.426. The maximum absolute atomic E-state index is 14.2. The van der Waals surface area contributed by atoms with Crippen LogP contribution in [0.1, 0.15) is 28.4 Å². The second-order valence-corrected chi connectivity index (χ2v) is 7.44. The first-order valence-electron chi connectivity index (χ1n) is 9.63. The molecule has 0 spiro atoms. The van der Waals surface area contributed by atoms with Crippen molar-refractivity contribution in [2.45, 2.75) is 26.2 Å². The average molecular weight is 378 g/mol. The molecule has 4 rings (SSSR count). The zero-order chi connectivity index (χ0) is 19.5. The van der Waals surface area contributed by atoms with Crippen molar-refractivity contribution in [1.82, 2.24) is 9.80 Å². The summed E-state index contributed by atoms with van der Waals surface area (Å²) in [6.45, 7) is 5.12. The van der Waals surface area contributed by atoms with Gasteiger partial charge in [0.1, 0.15) is 11.6 Å². The average Bonchev–Trinajstić information content (AvgIpc) is 3.08. The zero-order valence-corrected chi connectivity index (χ0v) is 16.0. The monoisotopic (exact) mass is 378 g/mol. The third-order valence-corrected chi connectivity index (χ3v) is 5.37. The Balaban J connectivity index is 1.61. The lowest BCUT2D eigenvalue weighted by Crippen LogP contribution is -2.30. The smallest absolute Gasteiger partial charge is 0.127 e. The number of halogens is 2. The van der Waals surface area contributed by atoms with Gasteiger partial charge in [0.2, 0.25) is 0 Å². The molecule has 0 bridgehead atoms. The van der Waals surface area contributed by atoms with E-state index >= 15 is 0 Å². The van der Waals surface area contributed by atoms with E-state index in [1.807, 2.05) is 24.3 Å². The molecule has 1 atom stereocenters. The molecule has 3 aromatic carbocycles. The third kappa shape index (κ3) is 4.13. The second-order valence-electron chi connectivity index (χ2n) is 7.44. The van der Waals surface area contributed by atoms with Gasteiger partial charge in [0, 0.05) is 31.7 Å². The van der Waals surface area contributed by atoms with Crippen molar-refractivity contribution >= 4 is 0 Å². The Labute approximate surface area is 165 Å². The fraction of sp³-hybridized carbons (Fsp3) is 0.250. The van der Waals surface area contributed by atoms with Crippen LogP contribution in [-0.2, 0) is 13.1 Å². The number of nitrogens with zero attached hydrogens (tertiary/aromatic N) is 2. The van der Waals surface area contributed by atoms with Crippen molar-refractivity contribution in [2.24, 2.45) is 0 Å². The summed E-state index contributed by atoms with van der Waals surface area (Å²) in [6, 6.07) is 22.1. The van der Waals surface area contributed by atoms with Crippen molar-refractivity contribution < 1.29 is 8.78 Å². The van der Waals surface area contributed by atoms with Gasteiger partial charge in [-0.3, -0.25) is 9.80 Å². The quantitative estimate of drug-likeness (QED) is 0.595. The minimum absolute atomic E-state index is 0.0125. The van der Waals surface area contributed by atoms with Gasteiger partial charge in [-0.2, -0.15) is 0 Å². The highest BCUT2D eigenvalue weighted by molar-refractivity contribution is 5.25. The van der Waals surface area contributed by atoms with Gasteiger partial charge in [-0.15, -0.1) is 0 Å². The number of rotatable bonds is 5. The minimum atomic E-state index is -0.243. The zero-order valence-electron chi connectivity index (χ0n) is 16.0. The van der Waals surface area contributed by atoms with Crippen LogP contribution in [0.4, 0.5) is 8.78 Å². The van der Waals surface area contributed by atoms with Crippen molar-refractivity contribution in [3.8, 4) is 0 Å². The predicted molar refractivity (Wildman–Crippen MR) is 108 cm³/mol. The van der Waals surface area contributed by atoms with Gasteiger partial charge in [-0.05, 0) is 36.2 Å². The number of hydrogen-bond acceptors (Lipinski definition) is 2. The summed E-state index contributed by atoms with van der Waals surface area (Å²) in [7, 11) is 0. The summed E-state index contributed by atoms with van der Waals surface area (Å²) >= 11 is 0. The molecule has 0 unspecified atom stereocenters. The summed E-state index contributed by atoms with van der Waals surface area (Å²) in [6.07, 6.45) is -0.0125. The van der Waals surface area contributed by atoms with Crippen LogP contribution in [0.5, 0.6) is 0 Å². The van der Waals surface area contributed by atoms with Gasteiger partial charge in [0.15, 0.2) is 0 Å². The molecule has 144 valence electrons. The van der Waals surface area contributed by atoms with Crippen molar-refractivity contribution in [3.05, 3.63) is 107 Å². The molecule has 0 radical (unpaired) electrons. The van der Waals surface area contributed by atoms with Crippen molar-refractivity contribution in [2.75, 3.05) is 13.1 Å². The van der Waals surface area contributed by atoms with E-state index in [1.54, 1.807) is 6.07 Å². The van der Waals surface area contributed by atoms with E-state index in [-0.39, 0.29) is 17.8 Å². The Kier molecular flexibility index (Phi) is 5.51. The molecule has 4 heteroatoms. The maximum Gasteiger partial charge on any atom is 0.127 e. The minimum Gasteiger partial charge on any atom is -0.279 e. The van der Waals surface area contributed by atoms with Crippen molar-refractivity contribution in [3.63, 3.8) is 0 Å². The van der Waals surface area contributed by atoms with Crippen LogP contribution in [0.3, 0.4) is 0 Å². The molecule has 28 heavy (non-hydrogen) atoms. The lowest BCUT2D eigenvalue weighted by molar-refractivity contribution is 0.124. The lowest BCUT2D eigenvalue weighted by atomic mass is 10.1. The van der Waals surface area contributed by atoms with Crippen LogP contribution in [0, 0.1) is 18.6 Å². The highest BCUT2D eigenvalue weighted by Gasteiger charge is 2.33. The van der Waals surface area contributed by atoms with Gasteiger partial charge in [0.25, 0.3) is 0 Å². The molecule has 0 N–H and O–H groups in total. The first-order chi connectivity index (χ1) is 13.6. The summed E-state index contributed by atoms with van der Waals surface area (Å²) in [4.78, 5) is 4.64. The van der Waals surface area contributed by atoms with E-state index in [4.69, 9.17) is 0 Å². The summed E-state index contributed by atoms with van der Waals surface area (Å²) in [5, 5.41) is 0. The van der Waals surface area contributed by atoms with Gasteiger partial charge in [-0.1, -0.05) is 60.2 Å². The molecule has 0 amide bonds. The summed E-state index contributed by atoms with van der Waals surface area (Å²) < 4.78 is 27.7. The van der Waals surface area contributed by atoms with E-state index < -0.39 is 0 Å². The predicted octanol–water partition coefficient (Wildman–Crippen LogP) is 5.29. The molecule has 1 saturated heterocycles. The second kappa shape index (κ2) is 8.21. The van der Waals surface area contributed by atoms with Crippen LogP contribution >= 0.6 is 0 Å². The number of hydrogen-bond donors (Lipinski definition) is 0. The topological polar surface area (TPSA) is 6.48 Å². The highest BCUT2D eigenvalue weighted by atomic mass is 19.1.